The summed E-state index contributed by atoms with van der Waals surface area (Å²) in [5.41, 5.74) is 5.00. The summed E-state index contributed by atoms with van der Waals surface area (Å²) in [4.78, 5) is 38.8. The van der Waals surface area contributed by atoms with Gasteiger partial charge in [-0.25, -0.2) is 4.79 Å². The van der Waals surface area contributed by atoms with Crippen molar-refractivity contribution >= 4 is 23.7 Å². The standard InChI is InChI=1S/C5H9NO4.C3H4O3/c6-3(5(9)10)1-2-4(7)8;1-2(4)3(5)6/h3H,1-2,6H2,(H,7,8)(H,9,10);1H3,(H,5,6)/t3-;/m1./s1. The number of carboxylic acids is 3. The van der Waals surface area contributed by atoms with Crippen molar-refractivity contribution in [3.05, 3.63) is 0 Å². The lowest BCUT2D eigenvalue weighted by Gasteiger charge is -2.01. The highest BCUT2D eigenvalue weighted by Gasteiger charge is 2.12. The fourth-order valence-electron chi connectivity index (χ4n) is 0.402. The van der Waals surface area contributed by atoms with Crippen molar-refractivity contribution in [2.75, 3.05) is 0 Å². The Bertz CT molecular complexity index is 274. The van der Waals surface area contributed by atoms with Crippen molar-refractivity contribution in [3.8, 4) is 0 Å². The largest absolute Gasteiger partial charge is 0.481 e. The predicted molar refractivity (Wildman–Crippen MR) is 50.8 cm³/mol. The second-order valence-electron chi connectivity index (χ2n) is 2.74. The van der Waals surface area contributed by atoms with Crippen LogP contribution in [-0.2, 0) is 19.2 Å². The molecule has 0 radical (unpaired) electrons. The van der Waals surface area contributed by atoms with Gasteiger partial charge in [0.25, 0.3) is 0 Å². The van der Waals surface area contributed by atoms with Crippen molar-refractivity contribution in [3.63, 3.8) is 0 Å². The van der Waals surface area contributed by atoms with E-state index in [9.17, 15) is 19.2 Å². The minimum absolute atomic E-state index is 0.0231. The van der Waals surface area contributed by atoms with Crippen LogP contribution in [0.1, 0.15) is 19.8 Å². The van der Waals surface area contributed by atoms with Gasteiger partial charge in [-0.3, -0.25) is 14.4 Å². The van der Waals surface area contributed by atoms with Gasteiger partial charge in [0, 0.05) is 13.3 Å². The Kier molecular flexibility index (Phi) is 8.60. The first-order chi connectivity index (χ1) is 7.18. The maximum Gasteiger partial charge on any atom is 0.371 e. The molecule has 0 saturated heterocycles. The highest BCUT2D eigenvalue weighted by Crippen LogP contribution is 1.93. The van der Waals surface area contributed by atoms with E-state index in [0.717, 1.165) is 6.92 Å². The predicted octanol–water partition coefficient (Wildman–Crippen LogP) is -1.08. The van der Waals surface area contributed by atoms with Gasteiger partial charge in [0.15, 0.2) is 0 Å². The molecule has 0 amide bonds. The van der Waals surface area contributed by atoms with Crippen LogP contribution in [0.3, 0.4) is 0 Å². The topological polar surface area (TPSA) is 155 Å². The Hall–Kier alpha value is -1.96. The number of carboxylic acid groups (broad SMARTS) is 3. The quantitative estimate of drug-likeness (QED) is 0.438. The molecule has 0 aromatic heterocycles. The highest BCUT2D eigenvalue weighted by molar-refractivity contribution is 6.31. The van der Waals surface area contributed by atoms with Crippen molar-refractivity contribution in [2.24, 2.45) is 5.73 Å². The van der Waals surface area contributed by atoms with Crippen LogP contribution in [0, 0.1) is 0 Å². The monoisotopic (exact) mass is 235 g/mol. The van der Waals surface area contributed by atoms with Gasteiger partial charge in [-0.15, -0.1) is 0 Å². The molecule has 0 unspecified atom stereocenters. The number of rotatable bonds is 5. The molecule has 0 spiro atoms. The fourth-order valence-corrected chi connectivity index (χ4v) is 0.402. The van der Waals surface area contributed by atoms with E-state index in [1.165, 1.54) is 0 Å². The number of ketones is 1. The van der Waals surface area contributed by atoms with E-state index in [4.69, 9.17) is 21.1 Å². The first kappa shape index (κ1) is 16.5. The van der Waals surface area contributed by atoms with Gasteiger partial charge < -0.3 is 21.1 Å². The lowest BCUT2D eigenvalue weighted by Crippen LogP contribution is -2.30. The Morgan fingerprint density at radius 1 is 1.12 bits per heavy atom. The summed E-state index contributed by atoms with van der Waals surface area (Å²) in [5, 5.41) is 23.9. The second kappa shape index (κ2) is 8.36. The normalized spacial score (nSPS) is 10.6. The number of hydrogen-bond donors (Lipinski definition) is 4. The van der Waals surface area contributed by atoms with E-state index < -0.39 is 29.7 Å². The summed E-state index contributed by atoms with van der Waals surface area (Å²) in [5.74, 6) is -4.40. The average Bonchev–Trinajstić information content (AvgIpc) is 2.14. The maximum atomic E-state index is 9.99. The van der Waals surface area contributed by atoms with Gasteiger partial charge in [-0.1, -0.05) is 0 Å². The van der Waals surface area contributed by atoms with Crippen LogP contribution in [0.5, 0.6) is 0 Å². The molecule has 0 aromatic rings. The summed E-state index contributed by atoms with van der Waals surface area (Å²) < 4.78 is 0. The lowest BCUT2D eigenvalue weighted by atomic mass is 10.2. The van der Waals surface area contributed by atoms with E-state index in [2.05, 4.69) is 0 Å². The van der Waals surface area contributed by atoms with E-state index in [1.54, 1.807) is 0 Å². The van der Waals surface area contributed by atoms with Crippen molar-refractivity contribution in [1.29, 1.82) is 0 Å². The Morgan fingerprint density at radius 3 is 1.69 bits per heavy atom. The van der Waals surface area contributed by atoms with E-state index in [-0.39, 0.29) is 12.8 Å². The molecule has 0 heterocycles. The van der Waals surface area contributed by atoms with Gasteiger partial charge in [0.1, 0.15) is 6.04 Å². The third-order valence-corrected chi connectivity index (χ3v) is 1.29. The van der Waals surface area contributed by atoms with Crippen molar-refractivity contribution in [2.45, 2.75) is 25.8 Å². The molecule has 0 aliphatic rings. The summed E-state index contributed by atoms with van der Waals surface area (Å²) in [6.07, 6.45) is -0.224. The van der Waals surface area contributed by atoms with Crippen LogP contribution in [0.4, 0.5) is 0 Å². The van der Waals surface area contributed by atoms with E-state index in [0.29, 0.717) is 0 Å². The molecule has 16 heavy (non-hydrogen) atoms. The Balaban J connectivity index is 0. The van der Waals surface area contributed by atoms with Crippen LogP contribution in [0.25, 0.3) is 0 Å². The van der Waals surface area contributed by atoms with Crippen molar-refractivity contribution in [1.82, 2.24) is 0 Å². The number of carbonyl (C=O) groups excluding carboxylic acids is 1. The maximum absolute atomic E-state index is 9.99. The molecule has 5 N–H and O–H groups in total. The fraction of sp³-hybridized carbons (Fsp3) is 0.500. The first-order valence-corrected chi connectivity index (χ1v) is 4.12. The summed E-state index contributed by atoms with van der Waals surface area (Å²) in [6.45, 7) is 1.00. The number of Topliss-reactive ketones (excluding diaryl/α,β-unsaturated/α-hetero) is 1. The van der Waals surface area contributed by atoms with Crippen molar-refractivity contribution < 1.29 is 34.5 Å². The number of nitrogens with two attached hydrogens (primary N) is 1. The number of carbonyl (C=O) groups is 4. The Morgan fingerprint density at radius 2 is 1.50 bits per heavy atom. The van der Waals surface area contributed by atoms with Gasteiger partial charge in [0.2, 0.25) is 5.78 Å². The molecule has 8 nitrogen and oxygen atoms in total. The average molecular weight is 235 g/mol. The van der Waals surface area contributed by atoms with Gasteiger partial charge in [-0.05, 0) is 6.42 Å². The highest BCUT2D eigenvalue weighted by atomic mass is 16.4. The smallest absolute Gasteiger partial charge is 0.371 e. The molecule has 1 atom stereocenters. The first-order valence-electron chi connectivity index (χ1n) is 4.12. The van der Waals surface area contributed by atoms with Crippen LogP contribution < -0.4 is 5.73 Å². The number of aliphatic carboxylic acids is 3. The molecule has 0 aliphatic heterocycles. The molecule has 0 bridgehead atoms. The second-order valence-corrected chi connectivity index (χ2v) is 2.74. The zero-order chi connectivity index (χ0) is 13.3. The van der Waals surface area contributed by atoms with Crippen LogP contribution >= 0.6 is 0 Å². The summed E-state index contributed by atoms with van der Waals surface area (Å²) >= 11 is 0. The molecule has 0 aromatic carbocycles. The van der Waals surface area contributed by atoms with Crippen LogP contribution in [0.15, 0.2) is 0 Å². The molecule has 0 fully saturated rings. The lowest BCUT2D eigenvalue weighted by molar-refractivity contribution is -0.148. The minimum atomic E-state index is -1.38. The van der Waals surface area contributed by atoms with Gasteiger partial charge >= 0.3 is 17.9 Å². The zero-order valence-corrected chi connectivity index (χ0v) is 8.54. The molecule has 0 aliphatic carbocycles. The third-order valence-electron chi connectivity index (χ3n) is 1.29. The zero-order valence-electron chi connectivity index (χ0n) is 8.54. The molecule has 0 saturated carbocycles. The summed E-state index contributed by atoms with van der Waals surface area (Å²) in [6, 6.07) is -1.06. The molecule has 8 heteroatoms. The van der Waals surface area contributed by atoms with E-state index >= 15 is 0 Å². The molecule has 92 valence electrons. The van der Waals surface area contributed by atoms with Crippen LogP contribution in [0.2, 0.25) is 0 Å². The van der Waals surface area contributed by atoms with Gasteiger partial charge in [-0.2, -0.15) is 0 Å². The molecule has 0 rings (SSSR count). The molecular formula is C8H13NO7. The molecular weight excluding hydrogens is 222 g/mol. The van der Waals surface area contributed by atoms with Gasteiger partial charge in [0.05, 0.1) is 0 Å². The summed E-state index contributed by atoms with van der Waals surface area (Å²) in [7, 11) is 0. The van der Waals surface area contributed by atoms with Crippen LogP contribution in [-0.4, -0.2) is 45.1 Å². The minimum Gasteiger partial charge on any atom is -0.481 e. The SMILES string of the molecule is CC(=O)C(=O)O.N[C@H](CCC(=O)O)C(=O)O. The third kappa shape index (κ3) is 12.0. The Labute approximate surface area is 90.7 Å². The number of hydrogen-bond acceptors (Lipinski definition) is 5. The van der Waals surface area contributed by atoms with E-state index in [1.807, 2.05) is 0 Å².